The van der Waals surface area contributed by atoms with Gasteiger partial charge in [0.05, 0.1) is 29.0 Å². The molecule has 0 atom stereocenters. The Kier molecular flexibility index (Phi) is 4.41. The number of nitrogens with two attached hydrogens (primary N) is 1. The Hall–Kier alpha value is -2.29. The Bertz CT molecular complexity index is 697. The van der Waals surface area contributed by atoms with E-state index in [0.29, 0.717) is 22.0 Å². The zero-order chi connectivity index (χ0) is 14.5. The van der Waals surface area contributed by atoms with Crippen molar-refractivity contribution >= 4 is 23.2 Å². The second-order valence-corrected chi connectivity index (χ2v) is 4.47. The highest BCUT2D eigenvalue weighted by atomic mass is 35.5. The van der Waals surface area contributed by atoms with Crippen molar-refractivity contribution in [3.8, 4) is 11.8 Å². The first-order valence-corrected chi connectivity index (χ1v) is 6.29. The summed E-state index contributed by atoms with van der Waals surface area (Å²) in [4.78, 5) is 12.1. The number of hydrogen-bond donors (Lipinski definition) is 3. The van der Waals surface area contributed by atoms with E-state index in [1.807, 2.05) is 0 Å². The fourth-order valence-electron chi connectivity index (χ4n) is 1.62. The van der Waals surface area contributed by atoms with E-state index in [1.165, 1.54) is 6.20 Å². The second-order valence-electron chi connectivity index (χ2n) is 4.06. The number of anilines is 1. The van der Waals surface area contributed by atoms with Gasteiger partial charge in [0.1, 0.15) is 0 Å². The fraction of sp³-hybridized carbons (Fsp3) is 0.143. The van der Waals surface area contributed by atoms with Gasteiger partial charge in [-0.1, -0.05) is 23.4 Å². The van der Waals surface area contributed by atoms with Gasteiger partial charge in [-0.25, -0.2) is 0 Å². The largest absolute Gasteiger partial charge is 0.320 e. The van der Waals surface area contributed by atoms with Crippen LogP contribution in [0.4, 0.5) is 5.69 Å². The Labute approximate surface area is 121 Å². The third kappa shape index (κ3) is 3.18. The number of aromatic amines is 1. The molecule has 0 aliphatic rings. The highest BCUT2D eigenvalue weighted by Crippen LogP contribution is 2.23. The minimum absolute atomic E-state index is 0.276. The Balaban J connectivity index is 2.25. The van der Waals surface area contributed by atoms with Crippen LogP contribution >= 0.6 is 11.6 Å². The molecule has 2 aromatic rings. The summed E-state index contributed by atoms with van der Waals surface area (Å²) < 4.78 is 0. The van der Waals surface area contributed by atoms with Crippen LogP contribution in [0.25, 0.3) is 0 Å². The van der Waals surface area contributed by atoms with E-state index in [0.717, 1.165) is 5.56 Å². The number of benzene rings is 1. The van der Waals surface area contributed by atoms with Gasteiger partial charge in [0, 0.05) is 11.3 Å². The summed E-state index contributed by atoms with van der Waals surface area (Å²) in [5, 5.41) is 9.70. The first-order valence-electron chi connectivity index (χ1n) is 5.91. The average Bonchev–Trinajstić information content (AvgIpc) is 2.86. The molecule has 6 heteroatoms. The lowest BCUT2D eigenvalue weighted by Gasteiger charge is -2.07. The maximum atomic E-state index is 12.1. The molecule has 102 valence electrons. The molecule has 1 aromatic heterocycles. The summed E-state index contributed by atoms with van der Waals surface area (Å²) in [6, 6.07) is 5.15. The number of nitrogens with zero attached hydrogens (tertiary/aromatic N) is 1. The summed E-state index contributed by atoms with van der Waals surface area (Å²) in [7, 11) is 0. The lowest BCUT2D eigenvalue weighted by atomic mass is 10.2. The zero-order valence-electron chi connectivity index (χ0n) is 10.8. The molecule has 2 rings (SSSR count). The molecule has 0 saturated heterocycles. The van der Waals surface area contributed by atoms with Gasteiger partial charge in [-0.05, 0) is 25.1 Å². The minimum atomic E-state index is -0.276. The van der Waals surface area contributed by atoms with E-state index in [-0.39, 0.29) is 12.5 Å². The first kappa shape index (κ1) is 14.1. The molecule has 0 aliphatic carbocycles. The van der Waals surface area contributed by atoms with Crippen molar-refractivity contribution in [1.29, 1.82) is 0 Å². The molecule has 0 bridgehead atoms. The molecule has 0 aliphatic heterocycles. The van der Waals surface area contributed by atoms with Crippen LogP contribution in [0.15, 0.2) is 24.4 Å². The highest BCUT2D eigenvalue weighted by Gasteiger charge is 2.12. The van der Waals surface area contributed by atoms with Gasteiger partial charge < -0.3 is 11.1 Å². The second kappa shape index (κ2) is 6.24. The smallest absolute Gasteiger partial charge is 0.259 e. The Morgan fingerprint density at radius 1 is 1.55 bits per heavy atom. The van der Waals surface area contributed by atoms with Crippen LogP contribution in [-0.4, -0.2) is 22.6 Å². The molecule has 0 fully saturated rings. The van der Waals surface area contributed by atoms with Crippen molar-refractivity contribution < 1.29 is 4.79 Å². The van der Waals surface area contributed by atoms with Gasteiger partial charge in [-0.2, -0.15) is 5.10 Å². The zero-order valence-corrected chi connectivity index (χ0v) is 11.6. The van der Waals surface area contributed by atoms with Crippen molar-refractivity contribution in [2.45, 2.75) is 6.92 Å². The predicted octanol–water partition coefficient (Wildman–Crippen LogP) is 1.93. The summed E-state index contributed by atoms with van der Waals surface area (Å²) in [6.45, 7) is 2.05. The van der Waals surface area contributed by atoms with Crippen LogP contribution in [0, 0.1) is 18.8 Å². The van der Waals surface area contributed by atoms with Gasteiger partial charge in [-0.3, -0.25) is 9.89 Å². The van der Waals surface area contributed by atoms with Gasteiger partial charge >= 0.3 is 0 Å². The molecule has 5 nitrogen and oxygen atoms in total. The molecule has 1 aromatic carbocycles. The van der Waals surface area contributed by atoms with E-state index in [1.54, 1.807) is 25.1 Å². The van der Waals surface area contributed by atoms with Crippen LogP contribution in [0.2, 0.25) is 5.02 Å². The van der Waals surface area contributed by atoms with Crippen molar-refractivity contribution in [2.24, 2.45) is 5.73 Å². The number of H-pyrrole nitrogens is 1. The highest BCUT2D eigenvalue weighted by molar-refractivity contribution is 6.34. The average molecular weight is 289 g/mol. The Morgan fingerprint density at radius 2 is 2.35 bits per heavy atom. The van der Waals surface area contributed by atoms with Crippen LogP contribution in [0.3, 0.4) is 0 Å². The lowest BCUT2D eigenvalue weighted by Crippen LogP contribution is -2.12. The molecule has 0 saturated carbocycles. The predicted molar refractivity (Wildman–Crippen MR) is 78.7 cm³/mol. The molecule has 4 N–H and O–H groups in total. The topological polar surface area (TPSA) is 83.8 Å². The van der Waals surface area contributed by atoms with E-state index < -0.39 is 0 Å². The van der Waals surface area contributed by atoms with E-state index in [9.17, 15) is 4.79 Å². The monoisotopic (exact) mass is 288 g/mol. The van der Waals surface area contributed by atoms with E-state index in [2.05, 4.69) is 27.4 Å². The number of aromatic nitrogens is 2. The number of carbonyl (C=O) groups is 1. The molecule has 0 spiro atoms. The molecule has 0 radical (unpaired) electrons. The molecular formula is C14H13ClN4O. The number of rotatable bonds is 2. The molecule has 0 unspecified atom stereocenters. The van der Waals surface area contributed by atoms with Gasteiger partial charge in [-0.15, -0.1) is 0 Å². The third-order valence-electron chi connectivity index (χ3n) is 2.62. The SMILES string of the molecule is Cc1[nH]ncc1C(=O)Nc1cc(C#CCN)ccc1Cl. The van der Waals surface area contributed by atoms with Crippen molar-refractivity contribution in [1.82, 2.24) is 10.2 Å². The molecule has 1 heterocycles. The first-order chi connectivity index (χ1) is 9.61. The quantitative estimate of drug-likeness (QED) is 0.738. The number of carbonyl (C=O) groups excluding carboxylic acids is 1. The molecule has 1 amide bonds. The summed E-state index contributed by atoms with van der Waals surface area (Å²) in [5.74, 6) is 5.36. The van der Waals surface area contributed by atoms with Crippen molar-refractivity contribution in [3.63, 3.8) is 0 Å². The number of amides is 1. The number of aryl methyl sites for hydroxylation is 1. The standard InChI is InChI=1S/C14H13ClN4O/c1-9-11(8-17-19-9)14(20)18-13-7-10(3-2-6-16)4-5-12(13)15/h4-5,7-8H,6,16H2,1H3,(H,17,19)(H,18,20). The van der Waals surface area contributed by atoms with Crippen LogP contribution in [0.5, 0.6) is 0 Å². The van der Waals surface area contributed by atoms with E-state index >= 15 is 0 Å². The van der Waals surface area contributed by atoms with E-state index in [4.69, 9.17) is 17.3 Å². The van der Waals surface area contributed by atoms with Crippen LogP contribution in [0.1, 0.15) is 21.6 Å². The lowest BCUT2D eigenvalue weighted by molar-refractivity contribution is 0.102. The van der Waals surface area contributed by atoms with Crippen molar-refractivity contribution in [2.75, 3.05) is 11.9 Å². The van der Waals surface area contributed by atoms with Gasteiger partial charge in [0.25, 0.3) is 5.91 Å². The number of nitrogens with one attached hydrogen (secondary N) is 2. The maximum Gasteiger partial charge on any atom is 0.259 e. The Morgan fingerprint density at radius 3 is 3.00 bits per heavy atom. The van der Waals surface area contributed by atoms with Gasteiger partial charge in [0.2, 0.25) is 0 Å². The minimum Gasteiger partial charge on any atom is -0.320 e. The summed E-state index contributed by atoms with van der Waals surface area (Å²) in [5.41, 5.74) is 7.73. The summed E-state index contributed by atoms with van der Waals surface area (Å²) >= 11 is 6.06. The third-order valence-corrected chi connectivity index (χ3v) is 2.95. The van der Waals surface area contributed by atoms with Gasteiger partial charge in [0.15, 0.2) is 0 Å². The molecule has 20 heavy (non-hydrogen) atoms. The fourth-order valence-corrected chi connectivity index (χ4v) is 1.79. The van der Waals surface area contributed by atoms with Crippen LogP contribution < -0.4 is 11.1 Å². The maximum absolute atomic E-state index is 12.1. The number of halogens is 1. The molecular weight excluding hydrogens is 276 g/mol. The van der Waals surface area contributed by atoms with Crippen LogP contribution in [-0.2, 0) is 0 Å². The van der Waals surface area contributed by atoms with Crippen molar-refractivity contribution in [3.05, 3.63) is 46.2 Å². The normalized spacial score (nSPS) is 9.75. The summed E-state index contributed by atoms with van der Waals surface area (Å²) in [6.07, 6.45) is 1.47. The number of hydrogen-bond acceptors (Lipinski definition) is 3.